The maximum Gasteiger partial charge on any atom is 0.322 e. The molecular weight excluding hydrogens is 216 g/mol. The molecule has 84 valence electrons. The van der Waals surface area contributed by atoms with Gasteiger partial charge >= 0.3 is 6.01 Å². The number of ether oxygens (including phenoxy) is 1. The van der Waals surface area contributed by atoms with E-state index in [2.05, 4.69) is 15.0 Å². The van der Waals surface area contributed by atoms with Gasteiger partial charge in [0.2, 0.25) is 5.95 Å². The van der Waals surface area contributed by atoms with Crippen molar-refractivity contribution in [3.05, 3.63) is 0 Å². The molecule has 0 aliphatic heterocycles. The molecule has 0 radical (unpaired) electrons. The van der Waals surface area contributed by atoms with Crippen molar-refractivity contribution in [3.63, 3.8) is 0 Å². The molecule has 0 aromatic carbocycles. The number of thioether (sulfide) groups is 1. The van der Waals surface area contributed by atoms with Crippen LogP contribution in [0, 0.1) is 0 Å². The van der Waals surface area contributed by atoms with Crippen molar-refractivity contribution < 1.29 is 9.84 Å². The van der Waals surface area contributed by atoms with E-state index in [1.807, 2.05) is 13.8 Å². The molecule has 1 rings (SSSR count). The minimum atomic E-state index is 0.0151. The Morgan fingerprint density at radius 2 is 2.20 bits per heavy atom. The molecule has 6 nitrogen and oxygen atoms in total. The number of aromatic nitrogens is 3. The first-order valence-corrected chi connectivity index (χ1v) is 5.45. The van der Waals surface area contributed by atoms with Gasteiger partial charge in [-0.15, -0.1) is 0 Å². The summed E-state index contributed by atoms with van der Waals surface area (Å²) in [5, 5.41) is 9.36. The molecule has 15 heavy (non-hydrogen) atoms. The third-order valence-corrected chi connectivity index (χ3v) is 2.39. The number of hydrogen-bond acceptors (Lipinski definition) is 7. The van der Waals surface area contributed by atoms with E-state index in [9.17, 15) is 0 Å². The van der Waals surface area contributed by atoms with Crippen LogP contribution in [0.3, 0.4) is 0 Å². The molecule has 1 heterocycles. The lowest BCUT2D eigenvalue weighted by Gasteiger charge is -2.07. The smallest absolute Gasteiger partial charge is 0.322 e. The standard InChI is InChI=1S/C8H14N4O2S/c1-3-14-7-10-6(9)11-8(12-7)15-5(2)4-13/h5,13H,3-4H2,1-2H3,(H2,9,10,11,12). The number of rotatable bonds is 5. The van der Waals surface area contributed by atoms with E-state index in [1.54, 1.807) is 0 Å². The largest absolute Gasteiger partial charge is 0.464 e. The highest BCUT2D eigenvalue weighted by Gasteiger charge is 2.09. The summed E-state index contributed by atoms with van der Waals surface area (Å²) in [6.07, 6.45) is 0. The number of aliphatic hydroxyl groups excluding tert-OH is 1. The van der Waals surface area contributed by atoms with Crippen molar-refractivity contribution in [2.45, 2.75) is 24.3 Å². The average Bonchev–Trinajstić information content (AvgIpc) is 2.17. The van der Waals surface area contributed by atoms with Crippen LogP contribution in [0.25, 0.3) is 0 Å². The number of aliphatic hydroxyl groups is 1. The fraction of sp³-hybridized carbons (Fsp3) is 0.625. The van der Waals surface area contributed by atoms with Crippen molar-refractivity contribution >= 4 is 17.7 Å². The first-order chi connectivity index (χ1) is 7.15. The first-order valence-electron chi connectivity index (χ1n) is 4.57. The minimum absolute atomic E-state index is 0.0151. The summed E-state index contributed by atoms with van der Waals surface area (Å²) in [7, 11) is 0. The molecule has 7 heteroatoms. The van der Waals surface area contributed by atoms with Gasteiger partial charge in [-0.25, -0.2) is 0 Å². The molecule has 0 amide bonds. The molecule has 1 unspecified atom stereocenters. The molecule has 0 fully saturated rings. The topological polar surface area (TPSA) is 94.2 Å². The van der Waals surface area contributed by atoms with Crippen molar-refractivity contribution in [2.24, 2.45) is 0 Å². The summed E-state index contributed by atoms with van der Waals surface area (Å²) >= 11 is 1.33. The van der Waals surface area contributed by atoms with Crippen LogP contribution in [0.4, 0.5) is 5.95 Å². The van der Waals surface area contributed by atoms with Crippen LogP contribution >= 0.6 is 11.8 Å². The summed E-state index contributed by atoms with van der Waals surface area (Å²) in [4.78, 5) is 11.8. The lowest BCUT2D eigenvalue weighted by Crippen LogP contribution is -2.07. The summed E-state index contributed by atoms with van der Waals surface area (Å²) in [6, 6.07) is 0.220. The van der Waals surface area contributed by atoms with Crippen LogP contribution < -0.4 is 10.5 Å². The molecular formula is C8H14N4O2S. The van der Waals surface area contributed by atoms with Crippen molar-refractivity contribution in [1.29, 1.82) is 0 Å². The van der Waals surface area contributed by atoms with Crippen LogP contribution in [0.2, 0.25) is 0 Å². The predicted octanol–water partition coefficient (Wildman–Crippen LogP) is 0.325. The number of anilines is 1. The fourth-order valence-corrected chi connectivity index (χ4v) is 1.53. The van der Waals surface area contributed by atoms with Crippen LogP contribution in [0.5, 0.6) is 6.01 Å². The average molecular weight is 230 g/mol. The van der Waals surface area contributed by atoms with E-state index in [4.69, 9.17) is 15.6 Å². The zero-order valence-electron chi connectivity index (χ0n) is 8.67. The van der Waals surface area contributed by atoms with Gasteiger partial charge in [-0.3, -0.25) is 0 Å². The van der Waals surface area contributed by atoms with Gasteiger partial charge in [0.05, 0.1) is 13.2 Å². The van der Waals surface area contributed by atoms with Gasteiger partial charge in [-0.1, -0.05) is 18.7 Å². The normalized spacial score (nSPS) is 12.5. The van der Waals surface area contributed by atoms with Gasteiger partial charge in [0, 0.05) is 5.25 Å². The zero-order chi connectivity index (χ0) is 11.3. The molecule has 1 atom stereocenters. The maximum absolute atomic E-state index is 8.88. The van der Waals surface area contributed by atoms with Crippen LogP contribution in [-0.4, -0.2) is 38.5 Å². The van der Waals surface area contributed by atoms with Gasteiger partial charge in [-0.05, 0) is 6.92 Å². The highest BCUT2D eigenvalue weighted by Crippen LogP contribution is 2.20. The Morgan fingerprint density at radius 1 is 1.47 bits per heavy atom. The predicted molar refractivity (Wildman–Crippen MR) is 57.8 cm³/mol. The second-order valence-electron chi connectivity index (χ2n) is 2.80. The van der Waals surface area contributed by atoms with Gasteiger partial charge in [0.1, 0.15) is 0 Å². The Hall–Kier alpha value is -1.08. The Morgan fingerprint density at radius 3 is 2.80 bits per heavy atom. The summed E-state index contributed by atoms with van der Waals surface area (Å²) in [5.74, 6) is 0.126. The highest BCUT2D eigenvalue weighted by molar-refractivity contribution is 7.99. The van der Waals surface area contributed by atoms with Gasteiger partial charge in [0.15, 0.2) is 5.16 Å². The van der Waals surface area contributed by atoms with Crippen molar-refractivity contribution in [2.75, 3.05) is 18.9 Å². The highest BCUT2D eigenvalue weighted by atomic mass is 32.2. The third kappa shape index (κ3) is 3.88. The third-order valence-electron chi connectivity index (χ3n) is 1.45. The van der Waals surface area contributed by atoms with Crippen LogP contribution in [0.1, 0.15) is 13.8 Å². The van der Waals surface area contributed by atoms with Crippen LogP contribution in [0.15, 0.2) is 5.16 Å². The molecule has 0 bridgehead atoms. The molecule has 0 aliphatic rings. The van der Waals surface area contributed by atoms with E-state index < -0.39 is 0 Å². The summed E-state index contributed by atoms with van der Waals surface area (Å²) < 4.78 is 5.12. The maximum atomic E-state index is 8.88. The zero-order valence-corrected chi connectivity index (χ0v) is 9.49. The molecule has 3 N–H and O–H groups in total. The van der Waals surface area contributed by atoms with Crippen molar-refractivity contribution in [3.8, 4) is 6.01 Å². The fourth-order valence-electron chi connectivity index (χ4n) is 0.816. The number of hydrogen-bond donors (Lipinski definition) is 2. The SMILES string of the molecule is CCOc1nc(N)nc(SC(C)CO)n1. The lowest BCUT2D eigenvalue weighted by atomic mass is 10.5. The number of nitrogens with two attached hydrogens (primary N) is 1. The van der Waals surface area contributed by atoms with E-state index >= 15 is 0 Å². The van der Waals surface area contributed by atoms with Gasteiger partial charge < -0.3 is 15.6 Å². The minimum Gasteiger partial charge on any atom is -0.464 e. The lowest BCUT2D eigenvalue weighted by molar-refractivity contribution is 0.299. The quantitative estimate of drug-likeness (QED) is 0.704. The molecule has 1 aromatic heterocycles. The van der Waals surface area contributed by atoms with E-state index in [1.165, 1.54) is 11.8 Å². The van der Waals surface area contributed by atoms with E-state index in [0.717, 1.165) is 0 Å². The van der Waals surface area contributed by atoms with E-state index in [-0.39, 0.29) is 23.8 Å². The Bertz CT molecular complexity index is 324. The number of nitrogen functional groups attached to an aromatic ring is 1. The molecule has 0 spiro atoms. The summed E-state index contributed by atoms with van der Waals surface area (Å²) in [6.45, 7) is 4.23. The first kappa shape index (κ1) is 12.0. The Kier molecular flexibility index (Phi) is 4.57. The summed E-state index contributed by atoms with van der Waals surface area (Å²) in [5.41, 5.74) is 5.49. The van der Waals surface area contributed by atoms with E-state index in [0.29, 0.717) is 11.8 Å². The molecule has 1 aromatic rings. The van der Waals surface area contributed by atoms with Gasteiger partial charge in [-0.2, -0.15) is 15.0 Å². The molecule has 0 saturated heterocycles. The van der Waals surface area contributed by atoms with Crippen LogP contribution in [-0.2, 0) is 0 Å². The second kappa shape index (κ2) is 5.72. The Labute approximate surface area is 92.3 Å². The van der Waals surface area contributed by atoms with Crippen molar-refractivity contribution in [1.82, 2.24) is 15.0 Å². The second-order valence-corrected chi connectivity index (χ2v) is 4.21. The Balaban J connectivity index is 2.78. The number of nitrogens with zero attached hydrogens (tertiary/aromatic N) is 3. The molecule has 0 aliphatic carbocycles. The molecule has 0 saturated carbocycles. The monoisotopic (exact) mass is 230 g/mol. The van der Waals surface area contributed by atoms with Gasteiger partial charge in [0.25, 0.3) is 0 Å².